The topological polar surface area (TPSA) is 91.0 Å². The van der Waals surface area contributed by atoms with Crippen molar-refractivity contribution in [3.63, 3.8) is 0 Å². The second-order valence-electron chi connectivity index (χ2n) is 8.16. The van der Waals surface area contributed by atoms with Gasteiger partial charge in [0.05, 0.1) is 0 Å². The zero-order valence-corrected chi connectivity index (χ0v) is 17.0. The molecule has 1 aromatic heterocycles. The number of hydrogen-bond donors (Lipinski definition) is 2. The maximum Gasteiger partial charge on any atom is 0.488 e. The average Bonchev–Trinajstić information content (AvgIpc) is 2.78. The van der Waals surface area contributed by atoms with Gasteiger partial charge in [0.15, 0.2) is 5.78 Å². The summed E-state index contributed by atoms with van der Waals surface area (Å²) in [5.74, 6) is -0.421. The molecule has 0 saturated heterocycles. The summed E-state index contributed by atoms with van der Waals surface area (Å²) in [4.78, 5) is 27.8. The van der Waals surface area contributed by atoms with E-state index in [0.29, 0.717) is 16.6 Å². The molecule has 2 aliphatic heterocycles. The van der Waals surface area contributed by atoms with E-state index in [1.165, 1.54) is 17.3 Å². The van der Waals surface area contributed by atoms with Crippen molar-refractivity contribution < 1.29 is 19.3 Å². The van der Waals surface area contributed by atoms with Crippen molar-refractivity contribution in [2.75, 3.05) is 18.0 Å². The predicted molar refractivity (Wildman–Crippen MR) is 121 cm³/mol. The van der Waals surface area contributed by atoms with E-state index >= 15 is 0 Å². The van der Waals surface area contributed by atoms with Crippen molar-refractivity contribution in [3.05, 3.63) is 75.1 Å². The molecule has 0 amide bonds. The maximum atomic E-state index is 12.7. The van der Waals surface area contributed by atoms with Crippen molar-refractivity contribution in [2.24, 2.45) is 0 Å². The molecule has 0 unspecified atom stereocenters. The Hall–Kier alpha value is -3.16. The number of anilines is 1. The summed E-state index contributed by atoms with van der Waals surface area (Å²) in [5, 5.41) is 19.1. The van der Waals surface area contributed by atoms with Gasteiger partial charge < -0.3 is 19.4 Å². The Balaban J connectivity index is 1.50. The molecular formula is C24H22BNO5. The second kappa shape index (κ2) is 7.83. The molecule has 2 N–H and O–H groups in total. The van der Waals surface area contributed by atoms with E-state index in [1.807, 2.05) is 0 Å². The summed E-state index contributed by atoms with van der Waals surface area (Å²) in [7, 11) is -1.54. The fourth-order valence-corrected chi connectivity index (χ4v) is 4.66. The van der Waals surface area contributed by atoms with E-state index in [0.717, 1.165) is 49.7 Å². The van der Waals surface area contributed by atoms with Gasteiger partial charge in [0.1, 0.15) is 11.1 Å². The third kappa shape index (κ3) is 3.60. The first-order valence-corrected chi connectivity index (χ1v) is 10.6. The fourth-order valence-electron chi connectivity index (χ4n) is 4.66. The third-order valence-corrected chi connectivity index (χ3v) is 6.14. The van der Waals surface area contributed by atoms with E-state index in [9.17, 15) is 9.59 Å². The van der Waals surface area contributed by atoms with Crippen LogP contribution in [0, 0.1) is 0 Å². The lowest BCUT2D eigenvalue weighted by atomic mass is 9.80. The minimum atomic E-state index is -1.54. The van der Waals surface area contributed by atoms with Gasteiger partial charge in [-0.3, -0.25) is 4.79 Å². The molecule has 31 heavy (non-hydrogen) atoms. The van der Waals surface area contributed by atoms with Crippen molar-refractivity contribution in [1.82, 2.24) is 0 Å². The summed E-state index contributed by atoms with van der Waals surface area (Å²) in [6.45, 7) is 2.07. The highest BCUT2D eigenvalue weighted by atomic mass is 16.4. The van der Waals surface area contributed by atoms with Gasteiger partial charge in [0.2, 0.25) is 0 Å². The monoisotopic (exact) mass is 415 g/mol. The smallest absolute Gasteiger partial charge is 0.423 e. The lowest BCUT2D eigenvalue weighted by Crippen LogP contribution is -2.34. The van der Waals surface area contributed by atoms with E-state index in [-0.39, 0.29) is 5.56 Å². The lowest BCUT2D eigenvalue weighted by molar-refractivity contribution is 0.104. The number of aryl methyl sites for hydroxylation is 2. The largest absolute Gasteiger partial charge is 0.488 e. The Morgan fingerprint density at radius 2 is 1.81 bits per heavy atom. The second-order valence-corrected chi connectivity index (χ2v) is 8.16. The number of allylic oxidation sites excluding steroid dienone is 1. The molecule has 0 saturated carbocycles. The number of fused-ring (bicyclic) bond motifs is 2. The van der Waals surface area contributed by atoms with E-state index < -0.39 is 18.5 Å². The number of nitrogens with zero attached hydrogens (tertiary/aromatic N) is 1. The van der Waals surface area contributed by atoms with Gasteiger partial charge in [-0.2, -0.15) is 0 Å². The fraction of sp³-hybridized carbons (Fsp3) is 0.250. The molecule has 3 aromatic rings. The number of benzene rings is 2. The summed E-state index contributed by atoms with van der Waals surface area (Å²) in [6.07, 6.45) is 6.95. The first-order valence-electron chi connectivity index (χ1n) is 10.6. The molecule has 0 fully saturated rings. The summed E-state index contributed by atoms with van der Waals surface area (Å²) < 4.78 is 5.69. The van der Waals surface area contributed by atoms with E-state index in [1.54, 1.807) is 36.4 Å². The van der Waals surface area contributed by atoms with Crippen molar-refractivity contribution >= 4 is 41.1 Å². The van der Waals surface area contributed by atoms with Crippen LogP contribution in [0.2, 0.25) is 0 Å². The standard InChI is InChI=1S/C24H22BNO5/c27-21(10-7-15-5-8-18(9-6-15)25(29)30)20-14-17-13-16-3-1-11-26-12-2-4-19(22(16)26)23(17)31-24(20)28/h5-10,13-14,29-30H,1-4,11-12H2/b10-7+. The summed E-state index contributed by atoms with van der Waals surface area (Å²) >= 11 is 0. The van der Waals surface area contributed by atoms with Crippen LogP contribution in [0.1, 0.15) is 39.9 Å². The maximum absolute atomic E-state index is 12.7. The van der Waals surface area contributed by atoms with Crippen LogP contribution in [0.25, 0.3) is 17.0 Å². The first kappa shape index (κ1) is 19.8. The van der Waals surface area contributed by atoms with Crippen LogP contribution in [-0.2, 0) is 12.8 Å². The van der Waals surface area contributed by atoms with Gasteiger partial charge in [-0.15, -0.1) is 0 Å². The number of carbonyl (C=O) groups is 1. The molecule has 2 aliphatic rings. The van der Waals surface area contributed by atoms with Crippen molar-refractivity contribution in [2.45, 2.75) is 25.7 Å². The number of ketones is 1. The predicted octanol–water partition coefficient (Wildman–Crippen LogP) is 2.07. The molecule has 0 radical (unpaired) electrons. The van der Waals surface area contributed by atoms with Crippen LogP contribution >= 0.6 is 0 Å². The van der Waals surface area contributed by atoms with Gasteiger partial charge in [-0.05, 0) is 60.5 Å². The van der Waals surface area contributed by atoms with Crippen molar-refractivity contribution in [3.8, 4) is 0 Å². The van der Waals surface area contributed by atoms with Crippen LogP contribution in [0.5, 0.6) is 0 Å². The van der Waals surface area contributed by atoms with Gasteiger partial charge in [-0.25, -0.2) is 4.79 Å². The van der Waals surface area contributed by atoms with E-state index in [4.69, 9.17) is 14.5 Å². The highest BCUT2D eigenvalue weighted by molar-refractivity contribution is 6.58. The van der Waals surface area contributed by atoms with Crippen molar-refractivity contribution in [1.29, 1.82) is 0 Å². The Morgan fingerprint density at radius 3 is 2.55 bits per heavy atom. The van der Waals surface area contributed by atoms with Gasteiger partial charge in [0.25, 0.3) is 0 Å². The Bertz CT molecular complexity index is 1260. The quantitative estimate of drug-likeness (QED) is 0.294. The molecule has 0 aliphatic carbocycles. The Morgan fingerprint density at radius 1 is 1.06 bits per heavy atom. The summed E-state index contributed by atoms with van der Waals surface area (Å²) in [6, 6.07) is 10.2. The number of hydrogen-bond acceptors (Lipinski definition) is 6. The molecule has 0 atom stereocenters. The first-order chi connectivity index (χ1) is 15.0. The van der Waals surface area contributed by atoms with Crippen LogP contribution in [-0.4, -0.2) is 36.0 Å². The van der Waals surface area contributed by atoms with Gasteiger partial charge in [0, 0.05) is 29.7 Å². The van der Waals surface area contributed by atoms with Crippen LogP contribution in [0.4, 0.5) is 5.69 Å². The van der Waals surface area contributed by atoms with Crippen LogP contribution in [0.15, 0.2) is 51.7 Å². The molecule has 0 spiro atoms. The third-order valence-electron chi connectivity index (χ3n) is 6.14. The van der Waals surface area contributed by atoms with Gasteiger partial charge in [-0.1, -0.05) is 30.3 Å². The Kier molecular flexibility index (Phi) is 5.00. The zero-order chi connectivity index (χ0) is 21.5. The number of carbonyl (C=O) groups excluding carboxylic acids is 1. The molecular weight excluding hydrogens is 393 g/mol. The molecule has 0 bridgehead atoms. The normalized spacial score (nSPS) is 15.4. The molecule has 6 nitrogen and oxygen atoms in total. The lowest BCUT2D eigenvalue weighted by Gasteiger charge is -2.37. The SMILES string of the molecule is O=C(/C=C/c1ccc(B(O)O)cc1)c1cc2cc3c4c(c2oc1=O)CCCN4CCC3. The summed E-state index contributed by atoms with van der Waals surface area (Å²) in [5.41, 5.74) is 4.66. The average molecular weight is 415 g/mol. The van der Waals surface area contributed by atoms with Crippen LogP contribution in [0.3, 0.4) is 0 Å². The highest BCUT2D eigenvalue weighted by Crippen LogP contribution is 2.39. The van der Waals surface area contributed by atoms with Gasteiger partial charge >= 0.3 is 12.7 Å². The number of rotatable bonds is 4. The molecule has 7 heteroatoms. The highest BCUT2D eigenvalue weighted by Gasteiger charge is 2.27. The minimum Gasteiger partial charge on any atom is -0.423 e. The minimum absolute atomic E-state index is 0.0155. The Labute approximate surface area is 179 Å². The molecule has 2 aromatic carbocycles. The zero-order valence-electron chi connectivity index (χ0n) is 17.0. The van der Waals surface area contributed by atoms with Crippen LogP contribution < -0.4 is 16.0 Å². The molecule has 3 heterocycles. The molecule has 156 valence electrons. The molecule has 5 rings (SSSR count). The van der Waals surface area contributed by atoms with E-state index in [2.05, 4.69) is 11.0 Å².